The van der Waals surface area contributed by atoms with Crippen LogP contribution < -0.4 is 5.32 Å². The minimum absolute atomic E-state index is 0.146. The highest BCUT2D eigenvalue weighted by Crippen LogP contribution is 2.45. The van der Waals surface area contributed by atoms with Crippen LogP contribution in [0.3, 0.4) is 0 Å². The van der Waals surface area contributed by atoms with Gasteiger partial charge in [-0.2, -0.15) is 0 Å². The Morgan fingerprint density at radius 1 is 1.26 bits per heavy atom. The minimum Gasteiger partial charge on any atom is -0.395 e. The van der Waals surface area contributed by atoms with Gasteiger partial charge < -0.3 is 15.0 Å². The lowest BCUT2D eigenvalue weighted by atomic mass is 10.1. The molecule has 4 nitrogen and oxygen atoms in total. The third-order valence-electron chi connectivity index (χ3n) is 4.44. The van der Waals surface area contributed by atoms with Crippen molar-refractivity contribution in [1.29, 1.82) is 0 Å². The molecule has 0 amide bonds. The van der Waals surface area contributed by atoms with Gasteiger partial charge in [-0.1, -0.05) is 0 Å². The highest BCUT2D eigenvalue weighted by molar-refractivity contribution is 5.89. The maximum absolute atomic E-state index is 9.03. The Bertz CT molecular complexity index is 832. The first kappa shape index (κ1) is 14.3. The first-order chi connectivity index (χ1) is 11.3. The van der Waals surface area contributed by atoms with Gasteiger partial charge in [-0.25, -0.2) is 0 Å². The Balaban J connectivity index is 1.85. The molecule has 0 saturated heterocycles. The fraction of sp³-hybridized carbons (Fsp3) is 0.316. The van der Waals surface area contributed by atoms with Crippen molar-refractivity contribution in [2.75, 3.05) is 18.5 Å². The number of nitrogens with one attached hydrogen (secondary N) is 1. The lowest BCUT2D eigenvalue weighted by Gasteiger charge is -2.12. The van der Waals surface area contributed by atoms with Crippen LogP contribution in [0.1, 0.15) is 30.0 Å². The molecule has 2 aromatic heterocycles. The molecule has 0 radical (unpaired) electrons. The lowest BCUT2D eigenvalue weighted by molar-refractivity contribution is 0.311. The van der Waals surface area contributed by atoms with E-state index in [0.717, 1.165) is 17.1 Å². The van der Waals surface area contributed by atoms with Crippen molar-refractivity contribution >= 4 is 16.6 Å². The molecule has 4 rings (SSSR count). The largest absolute Gasteiger partial charge is 0.395 e. The zero-order valence-electron chi connectivity index (χ0n) is 13.3. The summed E-state index contributed by atoms with van der Waals surface area (Å²) < 4.78 is 2.24. The van der Waals surface area contributed by atoms with Crippen LogP contribution in [0, 0.1) is 6.92 Å². The molecule has 0 spiro atoms. The number of hydrogen-bond donors (Lipinski definition) is 2. The van der Waals surface area contributed by atoms with Crippen LogP contribution in [0.25, 0.3) is 16.6 Å². The molecule has 118 valence electrons. The second-order valence-corrected chi connectivity index (χ2v) is 6.27. The van der Waals surface area contributed by atoms with E-state index in [4.69, 9.17) is 5.11 Å². The topological polar surface area (TPSA) is 50.1 Å². The van der Waals surface area contributed by atoms with Crippen LogP contribution in [-0.4, -0.2) is 27.8 Å². The Hall–Kier alpha value is -2.33. The van der Waals surface area contributed by atoms with Crippen LogP contribution >= 0.6 is 0 Å². The van der Waals surface area contributed by atoms with E-state index in [1.165, 1.54) is 29.3 Å². The summed E-state index contributed by atoms with van der Waals surface area (Å²) in [5.41, 5.74) is 5.90. The minimum atomic E-state index is 0.146. The first-order valence-electron chi connectivity index (χ1n) is 8.19. The Morgan fingerprint density at radius 3 is 2.83 bits per heavy atom. The molecule has 0 unspecified atom stereocenters. The molecule has 23 heavy (non-hydrogen) atoms. The van der Waals surface area contributed by atoms with Crippen LogP contribution in [0.5, 0.6) is 0 Å². The Labute approximate surface area is 135 Å². The van der Waals surface area contributed by atoms with Crippen LogP contribution in [-0.2, 0) is 0 Å². The number of benzene rings is 1. The fourth-order valence-corrected chi connectivity index (χ4v) is 3.14. The van der Waals surface area contributed by atoms with Crippen LogP contribution in [0.2, 0.25) is 0 Å². The van der Waals surface area contributed by atoms with E-state index >= 15 is 0 Å². The van der Waals surface area contributed by atoms with Crippen molar-refractivity contribution in [1.82, 2.24) is 9.55 Å². The van der Waals surface area contributed by atoms with Gasteiger partial charge in [0.2, 0.25) is 0 Å². The van der Waals surface area contributed by atoms with Crippen molar-refractivity contribution in [2.45, 2.75) is 25.7 Å². The number of rotatable bonds is 5. The van der Waals surface area contributed by atoms with Crippen LogP contribution in [0.15, 0.2) is 42.7 Å². The Morgan fingerprint density at radius 2 is 2.13 bits per heavy atom. The predicted octanol–water partition coefficient (Wildman–Crippen LogP) is 3.62. The third kappa shape index (κ3) is 2.70. The van der Waals surface area contributed by atoms with Crippen LogP contribution in [0.4, 0.5) is 5.69 Å². The van der Waals surface area contributed by atoms with Gasteiger partial charge in [-0.05, 0) is 61.6 Å². The number of aromatic nitrogens is 2. The monoisotopic (exact) mass is 307 g/mol. The quantitative estimate of drug-likeness (QED) is 0.757. The van der Waals surface area contributed by atoms with E-state index in [9.17, 15) is 0 Å². The summed E-state index contributed by atoms with van der Waals surface area (Å²) in [5.74, 6) is 0.653. The van der Waals surface area contributed by atoms with Crippen molar-refractivity contribution in [2.24, 2.45) is 0 Å². The number of aliphatic hydroxyl groups excluding tert-OH is 1. The molecule has 0 bridgehead atoms. The zero-order valence-corrected chi connectivity index (χ0v) is 13.3. The average molecular weight is 307 g/mol. The van der Waals surface area contributed by atoms with Crippen molar-refractivity contribution in [3.63, 3.8) is 0 Å². The predicted molar refractivity (Wildman–Crippen MR) is 93.4 cm³/mol. The molecule has 0 aliphatic heterocycles. The third-order valence-corrected chi connectivity index (χ3v) is 4.44. The van der Waals surface area contributed by atoms with Gasteiger partial charge in [0.25, 0.3) is 0 Å². The lowest BCUT2D eigenvalue weighted by Crippen LogP contribution is -2.06. The maximum Gasteiger partial charge on any atom is 0.0639 e. The standard InChI is InChI=1S/C19H21N3O/c1-13-2-5-17(12-21-13)22-8-6-15-10-16(20-7-9-23)11-18(19(15)22)14-3-4-14/h2,5-6,8,10-12,14,20,23H,3-4,7,9H2,1H3. The molecule has 4 heteroatoms. The van der Waals surface area contributed by atoms with Gasteiger partial charge in [-0.15, -0.1) is 0 Å². The molecular weight excluding hydrogens is 286 g/mol. The molecule has 3 aromatic rings. The number of hydrogen-bond acceptors (Lipinski definition) is 3. The Kier molecular flexibility index (Phi) is 3.54. The SMILES string of the molecule is Cc1ccc(-n2ccc3cc(NCCO)cc(C4CC4)c32)cn1. The van der Waals surface area contributed by atoms with Gasteiger partial charge in [0.15, 0.2) is 0 Å². The molecule has 1 aromatic carbocycles. The number of aryl methyl sites for hydroxylation is 1. The number of pyridine rings is 1. The molecule has 1 aliphatic carbocycles. The average Bonchev–Trinajstić information content (AvgIpc) is 3.33. The zero-order chi connectivity index (χ0) is 15.8. The summed E-state index contributed by atoms with van der Waals surface area (Å²) in [4.78, 5) is 4.43. The summed E-state index contributed by atoms with van der Waals surface area (Å²) >= 11 is 0. The molecule has 1 saturated carbocycles. The highest BCUT2D eigenvalue weighted by atomic mass is 16.3. The molecule has 1 fully saturated rings. The van der Waals surface area contributed by atoms with Gasteiger partial charge in [0.05, 0.1) is 24.0 Å². The number of nitrogens with zero attached hydrogens (tertiary/aromatic N) is 2. The number of anilines is 1. The summed E-state index contributed by atoms with van der Waals surface area (Å²) in [6.45, 7) is 2.73. The molecule has 2 heterocycles. The number of aliphatic hydroxyl groups is 1. The second-order valence-electron chi connectivity index (χ2n) is 6.27. The first-order valence-corrected chi connectivity index (χ1v) is 8.19. The van der Waals surface area contributed by atoms with Gasteiger partial charge in [-0.3, -0.25) is 4.98 Å². The fourth-order valence-electron chi connectivity index (χ4n) is 3.14. The maximum atomic E-state index is 9.03. The summed E-state index contributed by atoms with van der Waals surface area (Å²) in [7, 11) is 0. The van der Waals surface area contributed by atoms with E-state index in [1.54, 1.807) is 0 Å². The van der Waals surface area contributed by atoms with E-state index in [0.29, 0.717) is 12.5 Å². The van der Waals surface area contributed by atoms with E-state index in [2.05, 4.69) is 51.4 Å². The molecule has 2 N–H and O–H groups in total. The van der Waals surface area contributed by atoms with Crippen molar-refractivity contribution in [3.8, 4) is 5.69 Å². The highest BCUT2D eigenvalue weighted by Gasteiger charge is 2.27. The summed E-state index contributed by atoms with van der Waals surface area (Å²) in [6.07, 6.45) is 6.58. The summed E-state index contributed by atoms with van der Waals surface area (Å²) in [5, 5.41) is 13.6. The van der Waals surface area contributed by atoms with E-state index in [1.807, 2.05) is 13.1 Å². The molecule has 1 aliphatic rings. The van der Waals surface area contributed by atoms with E-state index < -0.39 is 0 Å². The van der Waals surface area contributed by atoms with Gasteiger partial charge in [0.1, 0.15) is 0 Å². The normalized spacial score (nSPS) is 14.3. The van der Waals surface area contributed by atoms with Crippen molar-refractivity contribution in [3.05, 3.63) is 54.0 Å². The second kappa shape index (κ2) is 5.70. The van der Waals surface area contributed by atoms with Gasteiger partial charge >= 0.3 is 0 Å². The van der Waals surface area contributed by atoms with Crippen molar-refractivity contribution < 1.29 is 5.11 Å². The van der Waals surface area contributed by atoms with Gasteiger partial charge in [0, 0.05) is 29.5 Å². The summed E-state index contributed by atoms with van der Waals surface area (Å²) in [6, 6.07) is 10.7. The smallest absolute Gasteiger partial charge is 0.0639 e. The van der Waals surface area contributed by atoms with E-state index in [-0.39, 0.29) is 6.61 Å². The molecule has 0 atom stereocenters. The number of fused-ring (bicyclic) bond motifs is 1. The molecular formula is C19H21N3O.